The van der Waals surface area contributed by atoms with Gasteiger partial charge in [0.05, 0.1) is 13.2 Å². The number of hydrogen-bond donors (Lipinski definition) is 9. The highest BCUT2D eigenvalue weighted by Crippen LogP contribution is 2.35. The van der Waals surface area contributed by atoms with E-state index >= 15 is 0 Å². The second-order valence-corrected chi connectivity index (χ2v) is 6.82. The fourth-order valence-electron chi connectivity index (χ4n) is 0.496. The minimum atomic E-state index is -4.64. The Morgan fingerprint density at radius 2 is 0.826 bits per heavy atom. The van der Waals surface area contributed by atoms with E-state index in [4.69, 9.17) is 49.0 Å². The highest BCUT2D eigenvalue weighted by atomic mass is 31.2. The molecule has 9 N–H and O–H groups in total. The Kier molecular flexibility index (Phi) is 17.8. The molecule has 0 spiro atoms. The zero-order valence-electron chi connectivity index (χ0n) is 11.7. The van der Waals surface area contributed by atoms with Crippen molar-refractivity contribution in [3.8, 4) is 0 Å². The summed E-state index contributed by atoms with van der Waals surface area (Å²) in [5.74, 6) is 0. The molecule has 0 fully saturated rings. The predicted molar refractivity (Wildman–Crippen MR) is 73.7 cm³/mol. The average molecular weight is 410 g/mol. The van der Waals surface area contributed by atoms with Crippen LogP contribution in [0.5, 0.6) is 0 Å². The molecule has 0 aliphatic rings. The molecule has 14 nitrogen and oxygen atoms in total. The zero-order valence-corrected chi connectivity index (χ0v) is 14.3. The van der Waals surface area contributed by atoms with Crippen molar-refractivity contribution in [3.63, 3.8) is 0 Å². The highest BCUT2D eigenvalue weighted by molar-refractivity contribution is 7.46. The van der Waals surface area contributed by atoms with E-state index < -0.39 is 23.5 Å². The van der Waals surface area contributed by atoms with E-state index in [9.17, 15) is 9.13 Å². The number of hydrogen-bond acceptors (Lipinski definition) is 7. The summed E-state index contributed by atoms with van der Waals surface area (Å²) in [4.78, 5) is 53.8. The van der Waals surface area contributed by atoms with Crippen LogP contribution in [-0.4, -0.2) is 70.9 Å². The van der Waals surface area contributed by atoms with Crippen molar-refractivity contribution in [2.24, 2.45) is 0 Å². The Bertz CT molecular complexity index is 357. The van der Waals surface area contributed by atoms with Crippen molar-refractivity contribution in [3.05, 3.63) is 0 Å². The van der Waals surface area contributed by atoms with Gasteiger partial charge in [-0.2, -0.15) is 0 Å². The lowest BCUT2D eigenvalue weighted by Gasteiger charge is -2.01. The quantitative estimate of drug-likeness (QED) is 0.155. The van der Waals surface area contributed by atoms with Gasteiger partial charge in [0.2, 0.25) is 0 Å². The average Bonchev–Trinajstić information content (AvgIpc) is 2.25. The molecule has 0 heterocycles. The molecule has 0 aliphatic heterocycles. The summed E-state index contributed by atoms with van der Waals surface area (Å²) >= 11 is 0. The molecule has 0 saturated carbocycles. The summed E-state index contributed by atoms with van der Waals surface area (Å²) in [5.41, 5.74) is 0. The highest BCUT2D eigenvalue weighted by Gasteiger charge is 2.12. The van der Waals surface area contributed by atoms with Gasteiger partial charge in [0, 0.05) is 13.2 Å². The van der Waals surface area contributed by atoms with E-state index in [1.807, 2.05) is 0 Å². The second-order valence-electron chi connectivity index (χ2n) is 3.32. The first-order chi connectivity index (χ1) is 10.1. The number of aliphatic hydroxyl groups excluding tert-OH is 2. The van der Waals surface area contributed by atoms with Gasteiger partial charge in [-0.3, -0.25) is 9.05 Å². The molecule has 0 radical (unpaired) electrons. The lowest BCUT2D eigenvalue weighted by molar-refractivity contribution is 0.174. The number of rotatable bonds is 8. The maximum Gasteiger partial charge on any atom is 0.469 e. The fraction of sp³-hybridized carbons (Fsp3) is 1.00. The van der Waals surface area contributed by atoms with E-state index in [1.165, 1.54) is 0 Å². The molecule has 0 unspecified atom stereocenters. The van der Waals surface area contributed by atoms with Gasteiger partial charge >= 0.3 is 23.5 Å². The summed E-state index contributed by atoms with van der Waals surface area (Å²) in [6.07, 6.45) is 0.482. The molecule has 144 valence electrons. The van der Waals surface area contributed by atoms with Crippen LogP contribution in [0.4, 0.5) is 0 Å². The minimum Gasteiger partial charge on any atom is -0.396 e. The molecule has 0 aromatic heterocycles. The maximum atomic E-state index is 9.90. The summed E-state index contributed by atoms with van der Waals surface area (Å²) in [5, 5.41) is 16.3. The SMILES string of the molecule is O=P(O)(O)O.O=P(O)(O)OCCCO.O=P(O)(O)OCCCO. The first-order valence-corrected chi connectivity index (χ1v) is 10.1. The van der Waals surface area contributed by atoms with Gasteiger partial charge in [-0.15, -0.1) is 0 Å². The Hall–Kier alpha value is 0.250. The molecule has 0 rings (SSSR count). The van der Waals surface area contributed by atoms with Crippen LogP contribution in [0, 0.1) is 0 Å². The van der Waals surface area contributed by atoms with Crippen LogP contribution in [0.25, 0.3) is 0 Å². The molecule has 0 aromatic rings. The van der Waals surface area contributed by atoms with Gasteiger partial charge in [0.25, 0.3) is 0 Å². The third kappa shape index (κ3) is 60.8. The van der Waals surface area contributed by atoms with E-state index in [0.29, 0.717) is 0 Å². The second kappa shape index (κ2) is 14.6. The number of phosphoric ester groups is 2. The lowest BCUT2D eigenvalue weighted by atomic mass is 10.5. The summed E-state index contributed by atoms with van der Waals surface area (Å²) in [6, 6.07) is 0. The Morgan fingerprint density at radius 1 is 0.609 bits per heavy atom. The molecule has 17 heteroatoms. The molecule has 0 atom stereocenters. The van der Waals surface area contributed by atoms with Crippen LogP contribution in [0.2, 0.25) is 0 Å². The third-order valence-corrected chi connectivity index (χ3v) is 2.16. The molecular weight excluding hydrogens is 389 g/mol. The van der Waals surface area contributed by atoms with Gasteiger partial charge in [-0.05, 0) is 12.8 Å². The molecule has 23 heavy (non-hydrogen) atoms. The topological polar surface area (TPSA) is 252 Å². The monoisotopic (exact) mass is 410 g/mol. The standard InChI is InChI=1S/2C3H9O5P.H3O4P/c2*4-2-1-3-8-9(5,6)7;1-5(2,3)4/h2*4H,1-3H2,(H2,5,6,7);(H3,1,2,3,4). The Morgan fingerprint density at radius 3 is 0.957 bits per heavy atom. The summed E-state index contributed by atoms with van der Waals surface area (Å²) in [6.45, 7) is -0.471. The van der Waals surface area contributed by atoms with Crippen molar-refractivity contribution >= 4 is 23.5 Å². The van der Waals surface area contributed by atoms with Crippen molar-refractivity contribution in [1.82, 2.24) is 0 Å². The smallest absolute Gasteiger partial charge is 0.396 e. The van der Waals surface area contributed by atoms with Crippen molar-refractivity contribution in [1.29, 1.82) is 0 Å². The molecule has 0 amide bonds. The minimum absolute atomic E-state index is 0.110. The van der Waals surface area contributed by atoms with Crippen LogP contribution in [0.3, 0.4) is 0 Å². The Labute approximate surface area is 131 Å². The van der Waals surface area contributed by atoms with E-state index in [2.05, 4.69) is 9.05 Å². The van der Waals surface area contributed by atoms with Crippen LogP contribution >= 0.6 is 23.5 Å². The van der Waals surface area contributed by atoms with Gasteiger partial charge in [-0.1, -0.05) is 0 Å². The molecule has 0 aliphatic carbocycles. The van der Waals surface area contributed by atoms with Gasteiger partial charge in [0.15, 0.2) is 0 Å². The summed E-state index contributed by atoms with van der Waals surface area (Å²) < 4.78 is 36.6. The van der Waals surface area contributed by atoms with E-state index in [1.54, 1.807) is 0 Å². The zero-order chi connectivity index (χ0) is 19.2. The van der Waals surface area contributed by atoms with Crippen molar-refractivity contribution < 1.29 is 67.2 Å². The number of phosphoric acid groups is 3. The molecule has 0 aromatic carbocycles. The fourth-order valence-corrected chi connectivity index (χ4v) is 1.23. The normalized spacial score (nSPS) is 11.9. The van der Waals surface area contributed by atoms with Crippen LogP contribution in [0.1, 0.15) is 12.8 Å². The molecular formula is C6H21O14P3. The number of aliphatic hydroxyl groups is 2. The predicted octanol–water partition coefficient (Wildman–Crippen LogP) is -1.97. The van der Waals surface area contributed by atoms with E-state index in [-0.39, 0.29) is 39.3 Å². The van der Waals surface area contributed by atoms with Crippen molar-refractivity contribution in [2.75, 3.05) is 26.4 Å². The lowest BCUT2D eigenvalue weighted by Crippen LogP contribution is -1.94. The van der Waals surface area contributed by atoms with Gasteiger partial charge in [0.1, 0.15) is 0 Å². The first-order valence-electron chi connectivity index (χ1n) is 5.52. The molecule has 0 saturated heterocycles. The third-order valence-electron chi connectivity index (χ3n) is 1.12. The van der Waals surface area contributed by atoms with Crippen LogP contribution in [0.15, 0.2) is 0 Å². The van der Waals surface area contributed by atoms with E-state index in [0.717, 1.165) is 0 Å². The first kappa shape index (κ1) is 28.1. The molecule has 0 bridgehead atoms. The van der Waals surface area contributed by atoms with Crippen LogP contribution < -0.4 is 0 Å². The van der Waals surface area contributed by atoms with Crippen LogP contribution in [-0.2, 0) is 22.7 Å². The largest absolute Gasteiger partial charge is 0.469 e. The van der Waals surface area contributed by atoms with Crippen molar-refractivity contribution in [2.45, 2.75) is 12.8 Å². The maximum absolute atomic E-state index is 9.90. The van der Waals surface area contributed by atoms with Gasteiger partial charge < -0.3 is 44.5 Å². The Balaban J connectivity index is -0.000000273. The van der Waals surface area contributed by atoms with Gasteiger partial charge in [-0.25, -0.2) is 13.7 Å². The summed E-state index contributed by atoms with van der Waals surface area (Å²) in [7, 11) is -13.3.